The highest BCUT2D eigenvalue weighted by atomic mass is 31.2. The van der Waals surface area contributed by atoms with Crippen LogP contribution in [-0.2, 0) is 10.1 Å². The first-order chi connectivity index (χ1) is 13.0. The topological polar surface area (TPSA) is 124 Å². The number of hydrogen-bond donors (Lipinski definition) is 4. The molecule has 8 heteroatoms. The van der Waals surface area contributed by atoms with Gasteiger partial charge in [0, 0.05) is 27.8 Å². The highest BCUT2D eigenvalue weighted by molar-refractivity contribution is 7.45. The van der Waals surface area contributed by atoms with Crippen LogP contribution in [0.1, 0.15) is 64.1 Å². The molecule has 3 rings (SSSR count). The van der Waals surface area contributed by atoms with E-state index in [9.17, 15) is 9.59 Å². The molecule has 4 N–H and O–H groups in total. The fourth-order valence-corrected chi connectivity index (χ4v) is 3.36. The van der Waals surface area contributed by atoms with E-state index in [2.05, 4.69) is 19.2 Å². The van der Waals surface area contributed by atoms with Crippen molar-refractivity contribution in [3.63, 3.8) is 0 Å². The lowest BCUT2D eigenvalue weighted by atomic mass is 9.80. The number of nitrogens with one attached hydrogen (secondary N) is 1. The van der Waals surface area contributed by atoms with Crippen molar-refractivity contribution in [2.24, 2.45) is 0 Å². The molecule has 150 valence electrons. The number of ketones is 2. The maximum absolute atomic E-state index is 12.8. The normalized spacial score (nSPS) is 15.1. The predicted molar refractivity (Wildman–Crippen MR) is 105 cm³/mol. The van der Waals surface area contributed by atoms with Crippen LogP contribution in [0.3, 0.4) is 0 Å². The van der Waals surface area contributed by atoms with Gasteiger partial charge >= 0.3 is 7.82 Å². The average Bonchev–Trinajstić information content (AvgIpc) is 2.64. The first kappa shape index (κ1) is 22.1. The van der Waals surface area contributed by atoms with Crippen molar-refractivity contribution in [2.75, 3.05) is 7.05 Å². The summed E-state index contributed by atoms with van der Waals surface area (Å²) < 4.78 is 8.88. The van der Waals surface area contributed by atoms with Crippen LogP contribution in [0.5, 0.6) is 0 Å². The summed E-state index contributed by atoms with van der Waals surface area (Å²) in [5, 5.41) is 3.35. The zero-order valence-corrected chi connectivity index (χ0v) is 16.9. The lowest BCUT2D eigenvalue weighted by molar-refractivity contribution is 0.0979. The second kappa shape index (κ2) is 8.47. The number of phosphoric acid groups is 1. The Kier molecular flexibility index (Phi) is 6.70. The SMILES string of the molecule is CCCC(C)(NC)c1ccc2c(c1)C(=O)c1ccccc1C2=O.O=P(O)(O)O. The van der Waals surface area contributed by atoms with Gasteiger partial charge in [-0.15, -0.1) is 0 Å². The molecule has 0 fully saturated rings. The van der Waals surface area contributed by atoms with Crippen LogP contribution in [-0.4, -0.2) is 33.3 Å². The molecule has 0 heterocycles. The van der Waals surface area contributed by atoms with Crippen LogP contribution in [0.2, 0.25) is 0 Å². The van der Waals surface area contributed by atoms with E-state index < -0.39 is 7.82 Å². The minimum atomic E-state index is -4.64. The number of fused-ring (bicyclic) bond motifs is 2. The molecule has 0 saturated carbocycles. The lowest BCUT2D eigenvalue weighted by Gasteiger charge is -2.31. The second-order valence-corrected chi connectivity index (χ2v) is 7.84. The van der Waals surface area contributed by atoms with E-state index in [1.165, 1.54) is 0 Å². The molecule has 1 atom stereocenters. The van der Waals surface area contributed by atoms with Crippen molar-refractivity contribution in [2.45, 2.75) is 32.2 Å². The largest absolute Gasteiger partial charge is 0.466 e. The molecule has 0 saturated heterocycles. The third-order valence-electron chi connectivity index (χ3n) is 4.86. The number of hydrogen-bond acceptors (Lipinski definition) is 4. The minimum Gasteiger partial charge on any atom is -0.311 e. The molecule has 0 aliphatic heterocycles. The van der Waals surface area contributed by atoms with Crippen LogP contribution in [0.15, 0.2) is 42.5 Å². The van der Waals surface area contributed by atoms with Crippen LogP contribution >= 0.6 is 7.82 Å². The van der Waals surface area contributed by atoms with E-state index in [0.717, 1.165) is 18.4 Å². The molecule has 7 nitrogen and oxygen atoms in total. The molecule has 0 bridgehead atoms. The van der Waals surface area contributed by atoms with Gasteiger partial charge in [-0.05, 0) is 38.1 Å². The van der Waals surface area contributed by atoms with Crippen molar-refractivity contribution < 1.29 is 28.8 Å². The smallest absolute Gasteiger partial charge is 0.311 e. The summed E-state index contributed by atoms with van der Waals surface area (Å²) in [5.41, 5.74) is 2.87. The van der Waals surface area contributed by atoms with Crippen molar-refractivity contribution in [1.29, 1.82) is 0 Å². The highest BCUT2D eigenvalue weighted by Gasteiger charge is 2.32. The lowest BCUT2D eigenvalue weighted by Crippen LogP contribution is -2.37. The number of benzene rings is 2. The van der Waals surface area contributed by atoms with Gasteiger partial charge in [0.15, 0.2) is 11.6 Å². The van der Waals surface area contributed by atoms with Gasteiger partial charge < -0.3 is 20.0 Å². The van der Waals surface area contributed by atoms with Gasteiger partial charge in [-0.1, -0.05) is 43.7 Å². The summed E-state index contributed by atoms with van der Waals surface area (Å²) in [6.45, 7) is 4.26. The van der Waals surface area contributed by atoms with E-state index >= 15 is 0 Å². The first-order valence-electron chi connectivity index (χ1n) is 8.82. The maximum Gasteiger partial charge on any atom is 0.466 e. The Balaban J connectivity index is 0.000000500. The van der Waals surface area contributed by atoms with Gasteiger partial charge in [-0.2, -0.15) is 0 Å². The summed E-state index contributed by atoms with van der Waals surface area (Å²) in [6, 6.07) is 12.7. The Morgan fingerprint density at radius 2 is 1.39 bits per heavy atom. The zero-order valence-electron chi connectivity index (χ0n) is 16.0. The summed E-state index contributed by atoms with van der Waals surface area (Å²) >= 11 is 0. The van der Waals surface area contributed by atoms with Crippen molar-refractivity contribution in [3.8, 4) is 0 Å². The van der Waals surface area contributed by atoms with E-state index in [1.807, 2.05) is 19.2 Å². The molecule has 1 unspecified atom stereocenters. The van der Waals surface area contributed by atoms with Crippen LogP contribution in [0.4, 0.5) is 0 Å². The zero-order chi connectivity index (χ0) is 21.1. The second-order valence-electron chi connectivity index (χ2n) is 6.81. The van der Waals surface area contributed by atoms with E-state index in [0.29, 0.717) is 22.3 Å². The standard InChI is InChI=1S/C20H21NO2.H3O4P/c1-4-11-20(2,21-3)13-9-10-16-17(12-13)19(23)15-8-6-5-7-14(15)18(16)22;1-5(2,3)4/h5-10,12,21H,4,11H2,1-3H3;(H3,1,2,3,4). The molecular formula is C20H24NO6P. The monoisotopic (exact) mass is 405 g/mol. The quantitative estimate of drug-likeness (QED) is 0.492. The van der Waals surface area contributed by atoms with E-state index in [-0.39, 0.29) is 17.1 Å². The predicted octanol–water partition coefficient (Wildman–Crippen LogP) is 2.77. The van der Waals surface area contributed by atoms with Gasteiger partial charge in [-0.25, -0.2) is 4.57 Å². The maximum atomic E-state index is 12.8. The van der Waals surface area contributed by atoms with Gasteiger partial charge in [0.25, 0.3) is 0 Å². The van der Waals surface area contributed by atoms with Gasteiger partial charge in [0.05, 0.1) is 0 Å². The number of rotatable bonds is 4. The third kappa shape index (κ3) is 4.82. The molecule has 2 aromatic carbocycles. The third-order valence-corrected chi connectivity index (χ3v) is 4.86. The average molecular weight is 405 g/mol. The van der Waals surface area contributed by atoms with Crippen LogP contribution in [0.25, 0.3) is 0 Å². The Hall–Kier alpha value is -2.15. The molecular weight excluding hydrogens is 381 g/mol. The van der Waals surface area contributed by atoms with E-state index in [1.54, 1.807) is 30.3 Å². The molecule has 0 spiro atoms. The molecule has 0 aromatic heterocycles. The molecule has 2 aromatic rings. The Morgan fingerprint density at radius 3 is 1.86 bits per heavy atom. The highest BCUT2D eigenvalue weighted by Crippen LogP contribution is 2.32. The Morgan fingerprint density at radius 1 is 0.929 bits per heavy atom. The van der Waals surface area contributed by atoms with Crippen molar-refractivity contribution in [1.82, 2.24) is 5.32 Å². The molecule has 28 heavy (non-hydrogen) atoms. The number of carbonyl (C=O) groups excluding carboxylic acids is 2. The Labute approximate surface area is 163 Å². The van der Waals surface area contributed by atoms with E-state index in [4.69, 9.17) is 19.2 Å². The molecule has 1 aliphatic carbocycles. The van der Waals surface area contributed by atoms with Gasteiger partial charge in [-0.3, -0.25) is 9.59 Å². The Bertz CT molecular complexity index is 943. The molecule has 1 aliphatic rings. The van der Waals surface area contributed by atoms with Crippen molar-refractivity contribution >= 4 is 19.4 Å². The van der Waals surface area contributed by atoms with Crippen LogP contribution in [0, 0.1) is 0 Å². The summed E-state index contributed by atoms with van der Waals surface area (Å²) in [6.07, 6.45) is 1.99. The van der Waals surface area contributed by atoms with Gasteiger partial charge in [0.1, 0.15) is 0 Å². The fourth-order valence-electron chi connectivity index (χ4n) is 3.36. The number of carbonyl (C=O) groups is 2. The summed E-state index contributed by atoms with van der Waals surface area (Å²) in [5.74, 6) is -0.129. The first-order valence-corrected chi connectivity index (χ1v) is 10.4. The molecule has 0 amide bonds. The molecule has 0 radical (unpaired) electrons. The van der Waals surface area contributed by atoms with Gasteiger partial charge in [0.2, 0.25) is 0 Å². The summed E-state index contributed by atoms with van der Waals surface area (Å²) in [7, 11) is -2.71. The van der Waals surface area contributed by atoms with Crippen molar-refractivity contribution in [3.05, 3.63) is 70.3 Å². The van der Waals surface area contributed by atoms with Crippen LogP contribution < -0.4 is 5.32 Å². The summed E-state index contributed by atoms with van der Waals surface area (Å²) in [4.78, 5) is 47.0. The minimum absolute atomic E-state index is 0.0630. The fraction of sp³-hybridized carbons (Fsp3) is 0.300.